The molecule has 0 aliphatic rings. The molecule has 0 atom stereocenters. The van der Waals surface area contributed by atoms with Crippen LogP contribution in [0.2, 0.25) is 0 Å². The molecule has 0 unspecified atom stereocenters. The van der Waals surface area contributed by atoms with Gasteiger partial charge in [0, 0.05) is 19.0 Å². The molecule has 1 N–H and O–H groups in total. The molecule has 17 heavy (non-hydrogen) atoms. The van der Waals surface area contributed by atoms with Crippen molar-refractivity contribution < 1.29 is 8.42 Å². The van der Waals surface area contributed by atoms with E-state index in [0.29, 0.717) is 12.5 Å². The lowest BCUT2D eigenvalue weighted by Gasteiger charge is -1.98. The third-order valence-electron chi connectivity index (χ3n) is 2.23. The molecule has 92 valence electrons. The normalized spacial score (nSPS) is 11.9. The summed E-state index contributed by atoms with van der Waals surface area (Å²) in [6, 6.07) is 3.81. The first-order valence-electron chi connectivity index (χ1n) is 5.19. The highest BCUT2D eigenvalue weighted by Gasteiger charge is 2.05. The van der Waals surface area contributed by atoms with Gasteiger partial charge in [0.2, 0.25) is 5.95 Å². The summed E-state index contributed by atoms with van der Waals surface area (Å²) in [7, 11) is -2.96. The Balaban J connectivity index is 2.09. The van der Waals surface area contributed by atoms with E-state index in [1.165, 1.54) is 6.26 Å². The summed E-state index contributed by atoms with van der Waals surface area (Å²) < 4.78 is 23.6. The highest BCUT2D eigenvalue weighted by atomic mass is 32.2. The molecule has 2 aromatic heterocycles. The third kappa shape index (κ3) is 3.16. The first kappa shape index (κ1) is 11.8. The van der Waals surface area contributed by atoms with Crippen LogP contribution in [0.4, 0.5) is 5.95 Å². The van der Waals surface area contributed by atoms with Gasteiger partial charge in [0.15, 0.2) is 5.65 Å². The maximum atomic E-state index is 11.0. The Labute approximate surface area is 99.6 Å². The van der Waals surface area contributed by atoms with Gasteiger partial charge in [0.05, 0.1) is 5.75 Å². The van der Waals surface area contributed by atoms with Crippen LogP contribution in [0.5, 0.6) is 0 Å². The predicted octanol–water partition coefficient (Wildman–Crippen LogP) is 0.494. The highest BCUT2D eigenvalue weighted by Crippen LogP contribution is 2.06. The van der Waals surface area contributed by atoms with Gasteiger partial charge in [-0.2, -0.15) is 4.98 Å². The summed E-state index contributed by atoms with van der Waals surface area (Å²) >= 11 is 0. The fraction of sp³-hybridized carbons (Fsp3) is 0.400. The minimum absolute atomic E-state index is 0.0710. The number of nitrogens with zero attached hydrogens (tertiary/aromatic N) is 3. The fourth-order valence-electron chi connectivity index (χ4n) is 1.41. The summed E-state index contributed by atoms with van der Waals surface area (Å²) in [5.74, 6) is 0.515. The van der Waals surface area contributed by atoms with Crippen LogP contribution in [0.1, 0.15) is 5.56 Å². The number of aryl methyl sites for hydroxylation is 1. The number of fused-ring (bicyclic) bond motifs is 1. The van der Waals surface area contributed by atoms with E-state index in [1.807, 2.05) is 25.3 Å². The van der Waals surface area contributed by atoms with Crippen LogP contribution in [-0.2, 0) is 9.84 Å². The molecule has 0 bridgehead atoms. The second kappa shape index (κ2) is 4.33. The summed E-state index contributed by atoms with van der Waals surface area (Å²) in [6.45, 7) is 2.28. The lowest BCUT2D eigenvalue weighted by molar-refractivity contribution is 0.602. The summed E-state index contributed by atoms with van der Waals surface area (Å²) in [5.41, 5.74) is 1.82. The average molecular weight is 254 g/mol. The van der Waals surface area contributed by atoms with E-state index < -0.39 is 9.84 Å². The molecule has 0 amide bonds. The monoisotopic (exact) mass is 254 g/mol. The molecular weight excluding hydrogens is 240 g/mol. The second-order valence-electron chi connectivity index (χ2n) is 4.00. The Morgan fingerprint density at radius 3 is 2.88 bits per heavy atom. The zero-order valence-corrected chi connectivity index (χ0v) is 10.5. The lowest BCUT2D eigenvalue weighted by Crippen LogP contribution is -2.14. The Hall–Kier alpha value is -1.63. The van der Waals surface area contributed by atoms with Crippen molar-refractivity contribution in [3.63, 3.8) is 0 Å². The maximum Gasteiger partial charge on any atom is 0.243 e. The van der Waals surface area contributed by atoms with Gasteiger partial charge in [0.1, 0.15) is 9.84 Å². The van der Waals surface area contributed by atoms with E-state index >= 15 is 0 Å². The van der Waals surface area contributed by atoms with Crippen LogP contribution in [-0.4, -0.2) is 41.6 Å². The quantitative estimate of drug-likeness (QED) is 0.859. The van der Waals surface area contributed by atoms with Crippen molar-refractivity contribution in [3.8, 4) is 0 Å². The van der Waals surface area contributed by atoms with Gasteiger partial charge >= 0.3 is 0 Å². The minimum atomic E-state index is -2.96. The molecule has 6 nitrogen and oxygen atoms in total. The molecule has 0 fully saturated rings. The number of hydrogen-bond donors (Lipinski definition) is 1. The molecule has 0 spiro atoms. The van der Waals surface area contributed by atoms with Gasteiger partial charge in [-0.3, -0.25) is 0 Å². The number of sulfone groups is 1. The zero-order chi connectivity index (χ0) is 12.5. The van der Waals surface area contributed by atoms with Crippen molar-refractivity contribution >= 4 is 21.4 Å². The largest absolute Gasteiger partial charge is 0.352 e. The van der Waals surface area contributed by atoms with Gasteiger partial charge in [-0.1, -0.05) is 6.07 Å². The van der Waals surface area contributed by atoms with E-state index in [9.17, 15) is 8.42 Å². The molecule has 0 radical (unpaired) electrons. The number of aromatic nitrogens is 3. The van der Waals surface area contributed by atoms with Gasteiger partial charge in [-0.05, 0) is 18.6 Å². The van der Waals surface area contributed by atoms with E-state index in [0.717, 1.165) is 11.2 Å². The highest BCUT2D eigenvalue weighted by molar-refractivity contribution is 7.90. The van der Waals surface area contributed by atoms with Crippen LogP contribution in [0.25, 0.3) is 5.65 Å². The van der Waals surface area contributed by atoms with E-state index in [-0.39, 0.29) is 5.75 Å². The third-order valence-corrected chi connectivity index (χ3v) is 3.18. The van der Waals surface area contributed by atoms with Crippen LogP contribution in [0.3, 0.4) is 0 Å². The lowest BCUT2D eigenvalue weighted by atomic mass is 10.3. The number of rotatable bonds is 4. The smallest absolute Gasteiger partial charge is 0.243 e. The Morgan fingerprint density at radius 1 is 1.41 bits per heavy atom. The number of hydrogen-bond acceptors (Lipinski definition) is 5. The summed E-state index contributed by atoms with van der Waals surface area (Å²) in [6.07, 6.45) is 3.07. The molecule has 0 saturated heterocycles. The maximum absolute atomic E-state index is 11.0. The molecule has 0 aliphatic heterocycles. The second-order valence-corrected chi connectivity index (χ2v) is 6.26. The van der Waals surface area contributed by atoms with E-state index in [4.69, 9.17) is 0 Å². The van der Waals surface area contributed by atoms with Gasteiger partial charge in [-0.15, -0.1) is 5.10 Å². The Morgan fingerprint density at radius 2 is 2.18 bits per heavy atom. The molecule has 2 aromatic rings. The summed E-state index contributed by atoms with van der Waals surface area (Å²) in [5, 5.41) is 7.08. The van der Waals surface area contributed by atoms with Crippen molar-refractivity contribution in [2.75, 3.05) is 23.9 Å². The molecule has 2 rings (SSSR count). The van der Waals surface area contributed by atoms with Crippen molar-refractivity contribution in [2.45, 2.75) is 6.92 Å². The topological polar surface area (TPSA) is 76.4 Å². The standard InChI is InChI=1S/C10H14N4O2S/c1-8-3-4-9-12-10(13-14(9)7-8)11-5-6-17(2,15)16/h3-4,7H,5-6H2,1-2H3,(H,11,13). The van der Waals surface area contributed by atoms with Crippen molar-refractivity contribution in [1.29, 1.82) is 0 Å². The van der Waals surface area contributed by atoms with Crippen molar-refractivity contribution in [3.05, 3.63) is 23.9 Å². The van der Waals surface area contributed by atoms with Crippen molar-refractivity contribution in [2.24, 2.45) is 0 Å². The van der Waals surface area contributed by atoms with Crippen molar-refractivity contribution in [1.82, 2.24) is 14.6 Å². The zero-order valence-electron chi connectivity index (χ0n) is 9.71. The fourth-order valence-corrected chi connectivity index (χ4v) is 1.88. The molecular formula is C10H14N4O2S. The molecule has 2 heterocycles. The Kier molecular flexibility index (Phi) is 3.01. The van der Waals surface area contributed by atoms with E-state index in [1.54, 1.807) is 4.52 Å². The number of pyridine rings is 1. The molecule has 0 saturated carbocycles. The first-order valence-corrected chi connectivity index (χ1v) is 7.25. The Bertz CT molecular complexity index is 633. The predicted molar refractivity (Wildman–Crippen MR) is 65.9 cm³/mol. The number of nitrogens with one attached hydrogen (secondary N) is 1. The van der Waals surface area contributed by atoms with Gasteiger partial charge in [0.25, 0.3) is 0 Å². The van der Waals surface area contributed by atoms with Crippen LogP contribution < -0.4 is 5.32 Å². The summed E-state index contributed by atoms with van der Waals surface area (Å²) in [4.78, 5) is 4.22. The molecule has 0 aliphatic carbocycles. The van der Waals surface area contributed by atoms with Crippen LogP contribution in [0, 0.1) is 6.92 Å². The van der Waals surface area contributed by atoms with Gasteiger partial charge in [-0.25, -0.2) is 12.9 Å². The average Bonchev–Trinajstić information content (AvgIpc) is 2.57. The van der Waals surface area contributed by atoms with Gasteiger partial charge < -0.3 is 5.32 Å². The first-order chi connectivity index (χ1) is 7.94. The molecule has 7 heteroatoms. The van der Waals surface area contributed by atoms with E-state index in [2.05, 4.69) is 15.4 Å². The minimum Gasteiger partial charge on any atom is -0.352 e. The van der Waals surface area contributed by atoms with Crippen LogP contribution >= 0.6 is 0 Å². The van der Waals surface area contributed by atoms with Crippen LogP contribution in [0.15, 0.2) is 18.3 Å². The number of anilines is 1. The SMILES string of the molecule is Cc1ccc2nc(NCCS(C)(=O)=O)nn2c1. The molecule has 0 aromatic carbocycles.